The highest BCUT2D eigenvalue weighted by atomic mass is 79.9. The van der Waals surface area contributed by atoms with Crippen LogP contribution in [0.1, 0.15) is 11.3 Å². The first-order valence-electron chi connectivity index (χ1n) is 5.09. The third-order valence-corrected chi connectivity index (χ3v) is 3.13. The van der Waals surface area contributed by atoms with E-state index in [2.05, 4.69) is 37.6 Å². The summed E-state index contributed by atoms with van der Waals surface area (Å²) in [5.41, 5.74) is 2.44. The van der Waals surface area contributed by atoms with Gasteiger partial charge in [0.1, 0.15) is 0 Å². The summed E-state index contributed by atoms with van der Waals surface area (Å²) in [6.07, 6.45) is 4.59. The van der Waals surface area contributed by atoms with Crippen LogP contribution in [-0.4, -0.2) is 15.4 Å². The number of halogens is 2. The van der Waals surface area contributed by atoms with Crippen molar-refractivity contribution in [2.75, 3.05) is 5.88 Å². The molecule has 0 aliphatic heterocycles. The van der Waals surface area contributed by atoms with Crippen molar-refractivity contribution in [3.8, 4) is 0 Å². The zero-order chi connectivity index (χ0) is 11.4. The molecule has 0 atom stereocenters. The average Bonchev–Trinajstić information content (AvgIpc) is 2.70. The normalized spacial score (nSPS) is 10.6. The maximum absolute atomic E-state index is 5.74. The molecule has 0 aliphatic carbocycles. The molecule has 4 heteroatoms. The standard InChI is InChI=1S/C12H12BrClN2/c13-11-3-1-10(2-4-11)8-16-9-15-7-12(16)5-6-14/h1-4,7,9H,5-6,8H2. The number of nitrogens with zero attached hydrogens (tertiary/aromatic N) is 2. The summed E-state index contributed by atoms with van der Waals surface area (Å²) in [5, 5.41) is 0. The van der Waals surface area contributed by atoms with Crippen LogP contribution in [-0.2, 0) is 13.0 Å². The Balaban J connectivity index is 2.13. The van der Waals surface area contributed by atoms with E-state index in [-0.39, 0.29) is 0 Å². The smallest absolute Gasteiger partial charge is 0.0951 e. The first-order valence-corrected chi connectivity index (χ1v) is 6.42. The Morgan fingerprint density at radius 2 is 2.00 bits per heavy atom. The van der Waals surface area contributed by atoms with Crippen molar-refractivity contribution in [2.45, 2.75) is 13.0 Å². The second kappa shape index (κ2) is 5.51. The summed E-state index contributed by atoms with van der Waals surface area (Å²) >= 11 is 9.17. The highest BCUT2D eigenvalue weighted by molar-refractivity contribution is 9.10. The van der Waals surface area contributed by atoms with Crippen molar-refractivity contribution in [1.82, 2.24) is 9.55 Å². The molecule has 0 saturated carbocycles. The first kappa shape index (κ1) is 11.7. The molecule has 1 aromatic heterocycles. The largest absolute Gasteiger partial charge is 0.330 e. The Bertz CT molecular complexity index is 450. The third kappa shape index (κ3) is 2.86. The fraction of sp³-hybridized carbons (Fsp3) is 0.250. The molecule has 0 aliphatic rings. The van der Waals surface area contributed by atoms with Gasteiger partial charge in [-0.05, 0) is 17.7 Å². The Morgan fingerprint density at radius 3 is 2.69 bits per heavy atom. The summed E-state index contributed by atoms with van der Waals surface area (Å²) in [4.78, 5) is 4.15. The topological polar surface area (TPSA) is 17.8 Å². The lowest BCUT2D eigenvalue weighted by Gasteiger charge is -2.07. The van der Waals surface area contributed by atoms with Crippen LogP contribution in [0.5, 0.6) is 0 Å². The minimum Gasteiger partial charge on any atom is -0.330 e. The molecule has 0 bridgehead atoms. The molecule has 0 unspecified atom stereocenters. The van der Waals surface area contributed by atoms with Crippen LogP contribution < -0.4 is 0 Å². The molecular weight excluding hydrogens is 288 g/mol. The fourth-order valence-electron chi connectivity index (χ4n) is 1.58. The van der Waals surface area contributed by atoms with E-state index in [1.807, 2.05) is 24.7 Å². The van der Waals surface area contributed by atoms with E-state index in [1.165, 1.54) is 11.3 Å². The van der Waals surface area contributed by atoms with Crippen LogP contribution in [0.3, 0.4) is 0 Å². The average molecular weight is 300 g/mol. The van der Waals surface area contributed by atoms with Crippen molar-refractivity contribution < 1.29 is 0 Å². The molecule has 1 aromatic carbocycles. The number of benzene rings is 1. The summed E-state index contributed by atoms with van der Waals surface area (Å²) in [7, 11) is 0. The highest BCUT2D eigenvalue weighted by Gasteiger charge is 2.02. The Labute approximate surface area is 108 Å². The van der Waals surface area contributed by atoms with Crippen molar-refractivity contribution in [1.29, 1.82) is 0 Å². The van der Waals surface area contributed by atoms with Gasteiger partial charge in [0.15, 0.2) is 0 Å². The molecule has 0 amide bonds. The monoisotopic (exact) mass is 298 g/mol. The van der Waals surface area contributed by atoms with Gasteiger partial charge in [-0.1, -0.05) is 28.1 Å². The summed E-state index contributed by atoms with van der Waals surface area (Å²) in [6, 6.07) is 8.31. The lowest BCUT2D eigenvalue weighted by atomic mass is 10.2. The molecular formula is C12H12BrClN2. The van der Waals surface area contributed by atoms with Gasteiger partial charge in [0.25, 0.3) is 0 Å². The molecule has 2 nitrogen and oxygen atoms in total. The maximum Gasteiger partial charge on any atom is 0.0951 e. The highest BCUT2D eigenvalue weighted by Crippen LogP contribution is 2.12. The van der Waals surface area contributed by atoms with Gasteiger partial charge in [-0.15, -0.1) is 11.6 Å². The Kier molecular flexibility index (Phi) is 4.02. The van der Waals surface area contributed by atoms with Crippen LogP contribution in [0.2, 0.25) is 0 Å². The fourth-order valence-corrected chi connectivity index (χ4v) is 2.04. The second-order valence-electron chi connectivity index (χ2n) is 3.58. The molecule has 2 aromatic rings. The van der Waals surface area contributed by atoms with Gasteiger partial charge in [-0.2, -0.15) is 0 Å². The molecule has 2 rings (SSSR count). The zero-order valence-corrected chi connectivity index (χ0v) is 11.1. The number of imidazole rings is 1. The molecule has 0 N–H and O–H groups in total. The van der Waals surface area contributed by atoms with Crippen molar-refractivity contribution in [3.63, 3.8) is 0 Å². The predicted octanol–water partition coefficient (Wildman–Crippen LogP) is 3.48. The number of hydrogen-bond acceptors (Lipinski definition) is 1. The Morgan fingerprint density at radius 1 is 1.25 bits per heavy atom. The van der Waals surface area contributed by atoms with Crippen LogP contribution in [0, 0.1) is 0 Å². The lowest BCUT2D eigenvalue weighted by molar-refractivity contribution is 0.748. The van der Waals surface area contributed by atoms with E-state index in [9.17, 15) is 0 Å². The third-order valence-electron chi connectivity index (χ3n) is 2.42. The van der Waals surface area contributed by atoms with Gasteiger partial charge in [0.2, 0.25) is 0 Å². The SMILES string of the molecule is ClCCc1cncn1Cc1ccc(Br)cc1. The van der Waals surface area contributed by atoms with E-state index in [1.54, 1.807) is 0 Å². The summed E-state index contributed by atoms with van der Waals surface area (Å²) in [6.45, 7) is 0.847. The minimum absolute atomic E-state index is 0.631. The van der Waals surface area contributed by atoms with Gasteiger partial charge in [-0.3, -0.25) is 0 Å². The van der Waals surface area contributed by atoms with Crippen LogP contribution in [0.4, 0.5) is 0 Å². The van der Waals surface area contributed by atoms with Crippen molar-refractivity contribution >= 4 is 27.5 Å². The second-order valence-corrected chi connectivity index (χ2v) is 4.87. The van der Waals surface area contributed by atoms with Crippen LogP contribution in [0.15, 0.2) is 41.3 Å². The molecule has 0 radical (unpaired) electrons. The van der Waals surface area contributed by atoms with Crippen molar-refractivity contribution in [3.05, 3.63) is 52.5 Å². The predicted molar refractivity (Wildman–Crippen MR) is 69.9 cm³/mol. The number of rotatable bonds is 4. The molecule has 0 saturated heterocycles. The number of hydrogen-bond donors (Lipinski definition) is 0. The van der Waals surface area contributed by atoms with E-state index in [4.69, 9.17) is 11.6 Å². The van der Waals surface area contributed by atoms with E-state index >= 15 is 0 Å². The van der Waals surface area contributed by atoms with E-state index < -0.39 is 0 Å². The van der Waals surface area contributed by atoms with Gasteiger partial charge < -0.3 is 4.57 Å². The van der Waals surface area contributed by atoms with Crippen LogP contribution >= 0.6 is 27.5 Å². The molecule has 1 heterocycles. The Hall–Kier alpha value is -0.800. The summed E-state index contributed by atoms with van der Waals surface area (Å²) < 4.78 is 3.23. The zero-order valence-electron chi connectivity index (χ0n) is 8.74. The molecule has 84 valence electrons. The van der Waals surface area contributed by atoms with Gasteiger partial charge in [0.05, 0.1) is 6.33 Å². The molecule has 0 fully saturated rings. The number of aryl methyl sites for hydroxylation is 1. The minimum atomic E-state index is 0.631. The van der Waals surface area contributed by atoms with Crippen molar-refractivity contribution in [2.24, 2.45) is 0 Å². The maximum atomic E-state index is 5.74. The van der Waals surface area contributed by atoms with E-state index in [0.29, 0.717) is 5.88 Å². The lowest BCUT2D eigenvalue weighted by Crippen LogP contribution is -2.03. The number of aromatic nitrogens is 2. The van der Waals surface area contributed by atoms with E-state index in [0.717, 1.165) is 17.4 Å². The molecule has 16 heavy (non-hydrogen) atoms. The molecule has 0 spiro atoms. The quantitative estimate of drug-likeness (QED) is 0.790. The van der Waals surface area contributed by atoms with Gasteiger partial charge >= 0.3 is 0 Å². The van der Waals surface area contributed by atoms with Crippen LogP contribution in [0.25, 0.3) is 0 Å². The first-order chi connectivity index (χ1) is 7.79. The van der Waals surface area contributed by atoms with Gasteiger partial charge in [-0.25, -0.2) is 4.98 Å². The van der Waals surface area contributed by atoms with Gasteiger partial charge in [0, 0.05) is 35.2 Å². The number of alkyl halides is 1. The summed E-state index contributed by atoms with van der Waals surface area (Å²) in [5.74, 6) is 0.631.